The Kier molecular flexibility index (Phi) is 2.21. The minimum absolute atomic E-state index is 0.00806. The fourth-order valence-electron chi connectivity index (χ4n) is 2.05. The summed E-state index contributed by atoms with van der Waals surface area (Å²) in [6.07, 6.45) is 1.35. The highest BCUT2D eigenvalue weighted by molar-refractivity contribution is 14.1. The molecule has 0 spiro atoms. The zero-order chi connectivity index (χ0) is 9.59. The second kappa shape index (κ2) is 3.11. The lowest BCUT2D eigenvalue weighted by molar-refractivity contribution is -0.145. The Hall–Kier alpha value is -0.330. The first kappa shape index (κ1) is 9.23. The van der Waals surface area contributed by atoms with E-state index in [4.69, 9.17) is 10.5 Å². The van der Waals surface area contributed by atoms with Crippen molar-refractivity contribution in [1.82, 2.24) is 0 Å². The van der Waals surface area contributed by atoms with Gasteiger partial charge in [-0.3, -0.25) is 9.59 Å². The van der Waals surface area contributed by atoms with Gasteiger partial charge in [-0.1, -0.05) is 22.6 Å². The molecule has 1 amide bonds. The molecule has 72 valence electrons. The molecule has 2 rings (SSSR count). The number of ether oxygens (including phenoxy) is 1. The fourth-order valence-corrected chi connectivity index (χ4v) is 3.04. The average Bonchev–Trinajstić information content (AvgIpc) is 2.37. The van der Waals surface area contributed by atoms with Gasteiger partial charge in [0.25, 0.3) is 0 Å². The predicted molar refractivity (Wildman–Crippen MR) is 53.1 cm³/mol. The zero-order valence-corrected chi connectivity index (χ0v) is 9.06. The molecule has 5 heteroatoms. The van der Waals surface area contributed by atoms with Crippen LogP contribution in [0.4, 0.5) is 0 Å². The molecule has 1 saturated heterocycles. The summed E-state index contributed by atoms with van der Waals surface area (Å²) in [5.41, 5.74) is 5.23. The molecule has 0 radical (unpaired) electrons. The topological polar surface area (TPSA) is 69.4 Å². The van der Waals surface area contributed by atoms with Crippen LogP contribution >= 0.6 is 22.6 Å². The third-order valence-corrected chi connectivity index (χ3v) is 4.10. The number of hydrogen-bond acceptors (Lipinski definition) is 3. The number of carbonyl (C=O) groups is 2. The largest absolute Gasteiger partial charge is 0.461 e. The lowest BCUT2D eigenvalue weighted by atomic mass is 9.79. The molecule has 13 heavy (non-hydrogen) atoms. The number of alkyl halides is 1. The highest BCUT2D eigenvalue weighted by Crippen LogP contribution is 2.41. The molecular formula is C8H10INO3. The van der Waals surface area contributed by atoms with E-state index in [9.17, 15) is 9.59 Å². The van der Waals surface area contributed by atoms with E-state index < -0.39 is 0 Å². The number of halogens is 1. The van der Waals surface area contributed by atoms with Gasteiger partial charge in [0.2, 0.25) is 5.91 Å². The van der Waals surface area contributed by atoms with E-state index in [-0.39, 0.29) is 33.7 Å². The molecule has 4 atom stereocenters. The van der Waals surface area contributed by atoms with Gasteiger partial charge in [-0.05, 0) is 12.8 Å². The van der Waals surface area contributed by atoms with Crippen molar-refractivity contribution in [1.29, 1.82) is 0 Å². The first-order valence-electron chi connectivity index (χ1n) is 4.23. The summed E-state index contributed by atoms with van der Waals surface area (Å²) >= 11 is 2.22. The number of nitrogens with two attached hydrogens (primary N) is 1. The van der Waals surface area contributed by atoms with Gasteiger partial charge in [0.05, 0.1) is 11.8 Å². The van der Waals surface area contributed by atoms with Gasteiger partial charge in [-0.25, -0.2) is 0 Å². The first-order chi connectivity index (χ1) is 6.09. The van der Waals surface area contributed by atoms with Crippen molar-refractivity contribution in [2.75, 3.05) is 0 Å². The van der Waals surface area contributed by atoms with Crippen LogP contribution in [0.5, 0.6) is 0 Å². The van der Waals surface area contributed by atoms with Crippen molar-refractivity contribution in [2.24, 2.45) is 17.6 Å². The Morgan fingerprint density at radius 1 is 1.54 bits per heavy atom. The fraction of sp³-hybridized carbons (Fsp3) is 0.750. The van der Waals surface area contributed by atoms with Crippen molar-refractivity contribution >= 4 is 34.5 Å². The third kappa shape index (κ3) is 1.43. The van der Waals surface area contributed by atoms with Crippen LogP contribution in [-0.4, -0.2) is 21.9 Å². The minimum Gasteiger partial charge on any atom is -0.461 e. The number of hydrogen-bond donors (Lipinski definition) is 1. The number of fused-ring (bicyclic) bond motifs is 2. The molecule has 4 nitrogen and oxygen atoms in total. The molecule has 0 unspecified atom stereocenters. The Labute approximate surface area is 89.3 Å². The van der Waals surface area contributed by atoms with Gasteiger partial charge in [0.15, 0.2) is 0 Å². The van der Waals surface area contributed by atoms with Gasteiger partial charge in [-0.2, -0.15) is 0 Å². The Morgan fingerprint density at radius 3 is 2.85 bits per heavy atom. The summed E-state index contributed by atoms with van der Waals surface area (Å²) in [6.45, 7) is 0. The monoisotopic (exact) mass is 295 g/mol. The zero-order valence-electron chi connectivity index (χ0n) is 6.90. The van der Waals surface area contributed by atoms with Gasteiger partial charge < -0.3 is 10.5 Å². The number of rotatable bonds is 1. The molecule has 0 aromatic rings. The van der Waals surface area contributed by atoms with Gasteiger partial charge in [0.1, 0.15) is 6.10 Å². The summed E-state index contributed by atoms with van der Waals surface area (Å²) in [5.74, 6) is -1.20. The summed E-state index contributed by atoms with van der Waals surface area (Å²) in [4.78, 5) is 22.3. The maximum absolute atomic E-state index is 11.3. The standard InChI is InChI=1S/C8H10INO3/c9-5-1-3(7(10)11)4-2-6(5)13-8(4)12/h3-6H,1-2H2,(H2,10,11)/t3-,4+,5+,6-/m1/s1. The van der Waals surface area contributed by atoms with Crippen LogP contribution in [0, 0.1) is 11.8 Å². The quantitative estimate of drug-likeness (QED) is 0.427. The van der Waals surface area contributed by atoms with Gasteiger partial charge in [-0.15, -0.1) is 0 Å². The Balaban J connectivity index is 2.22. The molecular weight excluding hydrogens is 285 g/mol. The van der Waals surface area contributed by atoms with E-state index in [0.29, 0.717) is 12.8 Å². The van der Waals surface area contributed by atoms with Crippen LogP contribution in [-0.2, 0) is 14.3 Å². The molecule has 1 heterocycles. The maximum Gasteiger partial charge on any atom is 0.310 e. The van der Waals surface area contributed by atoms with E-state index in [2.05, 4.69) is 22.6 Å². The minimum atomic E-state index is -0.371. The highest BCUT2D eigenvalue weighted by Gasteiger charge is 2.49. The summed E-state index contributed by atoms with van der Waals surface area (Å²) in [6, 6.07) is 0. The van der Waals surface area contributed by atoms with E-state index in [1.165, 1.54) is 0 Å². The average molecular weight is 295 g/mol. The molecule has 1 aliphatic carbocycles. The van der Waals surface area contributed by atoms with Crippen LogP contribution in [0.2, 0.25) is 0 Å². The second-order valence-electron chi connectivity index (χ2n) is 3.58. The van der Waals surface area contributed by atoms with Crippen molar-refractivity contribution in [3.8, 4) is 0 Å². The first-order valence-corrected chi connectivity index (χ1v) is 5.48. The predicted octanol–water partition coefficient (Wildman–Crippen LogP) is 0.227. The van der Waals surface area contributed by atoms with Crippen molar-refractivity contribution < 1.29 is 14.3 Å². The van der Waals surface area contributed by atoms with E-state index in [0.717, 1.165) is 0 Å². The lowest BCUT2D eigenvalue weighted by Crippen LogP contribution is -2.38. The van der Waals surface area contributed by atoms with E-state index in [1.807, 2.05) is 0 Å². The molecule has 0 aromatic heterocycles. The van der Waals surface area contributed by atoms with Crippen LogP contribution in [0.3, 0.4) is 0 Å². The SMILES string of the molecule is NC(=O)[C@@H]1C[C@H](I)[C@H]2C[C@@H]1C(=O)O2. The van der Waals surface area contributed by atoms with E-state index >= 15 is 0 Å². The third-order valence-electron chi connectivity index (χ3n) is 2.79. The second-order valence-corrected chi connectivity index (χ2v) is 5.18. The molecule has 2 aliphatic rings. The number of esters is 1. The van der Waals surface area contributed by atoms with Crippen molar-refractivity contribution in [3.05, 3.63) is 0 Å². The van der Waals surface area contributed by atoms with Gasteiger partial charge in [0, 0.05) is 3.92 Å². The summed E-state index contributed by atoms with van der Waals surface area (Å²) in [7, 11) is 0. The normalized spacial score (nSPS) is 43.0. The van der Waals surface area contributed by atoms with Crippen LogP contribution in [0.1, 0.15) is 12.8 Å². The van der Waals surface area contributed by atoms with Gasteiger partial charge >= 0.3 is 5.97 Å². The Bertz CT molecular complexity index is 268. The van der Waals surface area contributed by atoms with E-state index in [1.54, 1.807) is 0 Å². The molecule has 0 aromatic carbocycles. The van der Waals surface area contributed by atoms with Crippen LogP contribution in [0.25, 0.3) is 0 Å². The summed E-state index contributed by atoms with van der Waals surface area (Å²) < 4.78 is 5.36. The van der Waals surface area contributed by atoms with Crippen molar-refractivity contribution in [3.63, 3.8) is 0 Å². The highest BCUT2D eigenvalue weighted by atomic mass is 127. The van der Waals surface area contributed by atoms with Crippen molar-refractivity contribution in [2.45, 2.75) is 22.9 Å². The number of amides is 1. The maximum atomic E-state index is 11.3. The molecule has 1 saturated carbocycles. The molecule has 2 N–H and O–H groups in total. The molecule has 2 fully saturated rings. The lowest BCUT2D eigenvalue weighted by Gasteiger charge is -2.26. The molecule has 2 bridgehead atoms. The molecule has 1 aliphatic heterocycles. The Morgan fingerprint density at radius 2 is 2.23 bits per heavy atom. The van der Waals surface area contributed by atoms with Crippen LogP contribution in [0.15, 0.2) is 0 Å². The smallest absolute Gasteiger partial charge is 0.310 e. The summed E-state index contributed by atoms with van der Waals surface area (Å²) in [5, 5.41) is 0. The number of primary amides is 1. The number of carbonyl (C=O) groups excluding carboxylic acids is 2. The van der Waals surface area contributed by atoms with Crippen LogP contribution < -0.4 is 5.73 Å².